The highest BCUT2D eigenvalue weighted by Crippen LogP contribution is 2.29. The van der Waals surface area contributed by atoms with Crippen LogP contribution in [0.3, 0.4) is 0 Å². The first kappa shape index (κ1) is 16.3. The number of nitrogens with one attached hydrogen (secondary N) is 1. The van der Waals surface area contributed by atoms with Gasteiger partial charge in [-0.15, -0.1) is 0 Å². The fourth-order valence-electron chi connectivity index (χ4n) is 2.55. The van der Waals surface area contributed by atoms with Crippen molar-refractivity contribution in [2.75, 3.05) is 51.9 Å². The van der Waals surface area contributed by atoms with Crippen LogP contribution in [-0.4, -0.2) is 62.8 Å². The molecule has 0 aromatic carbocycles. The van der Waals surface area contributed by atoms with E-state index in [1.165, 1.54) is 25.1 Å². The van der Waals surface area contributed by atoms with Crippen LogP contribution in [0.15, 0.2) is 0 Å². The molecule has 0 amide bonds. The molecule has 1 rings (SSSR count). The fourth-order valence-corrected chi connectivity index (χ4v) is 3.04. The molecule has 3 nitrogen and oxygen atoms in total. The van der Waals surface area contributed by atoms with Crippen LogP contribution in [0.25, 0.3) is 0 Å². The molecular weight excluding hydrogens is 244 g/mol. The molecule has 0 aliphatic carbocycles. The molecule has 1 aliphatic heterocycles. The van der Waals surface area contributed by atoms with Crippen LogP contribution < -0.4 is 5.32 Å². The lowest BCUT2D eigenvalue weighted by molar-refractivity contribution is -0.0227. The van der Waals surface area contributed by atoms with Crippen molar-refractivity contribution in [1.82, 2.24) is 10.2 Å². The molecule has 1 heterocycles. The van der Waals surface area contributed by atoms with Crippen molar-refractivity contribution in [2.24, 2.45) is 5.41 Å². The number of ether oxygens (including phenoxy) is 1. The standard InChI is InChI=1S/C14H30N2OS/c1-13(2)15-10-14(6-5-8-17-12-14)11-16(3)7-9-18-4/h13,15H,5-12H2,1-4H3. The molecular formula is C14H30N2OS. The summed E-state index contributed by atoms with van der Waals surface area (Å²) in [5.41, 5.74) is 0.315. The number of rotatable bonds is 8. The van der Waals surface area contributed by atoms with Crippen molar-refractivity contribution >= 4 is 11.8 Å². The fraction of sp³-hybridized carbons (Fsp3) is 1.00. The zero-order valence-corrected chi connectivity index (χ0v) is 13.3. The third-order valence-electron chi connectivity index (χ3n) is 3.57. The molecule has 108 valence electrons. The van der Waals surface area contributed by atoms with E-state index in [1.807, 2.05) is 11.8 Å². The Labute approximate surface area is 117 Å². The lowest BCUT2D eigenvalue weighted by Crippen LogP contribution is -2.49. The second-order valence-corrected chi connectivity index (χ2v) is 6.91. The summed E-state index contributed by atoms with van der Waals surface area (Å²) < 4.78 is 5.75. The summed E-state index contributed by atoms with van der Waals surface area (Å²) in [6.07, 6.45) is 4.67. The van der Waals surface area contributed by atoms with E-state index in [1.54, 1.807) is 0 Å². The van der Waals surface area contributed by atoms with Crippen LogP contribution in [-0.2, 0) is 4.74 Å². The molecule has 1 fully saturated rings. The van der Waals surface area contributed by atoms with E-state index in [2.05, 4.69) is 37.4 Å². The average molecular weight is 274 g/mol. The van der Waals surface area contributed by atoms with Crippen LogP contribution in [0.2, 0.25) is 0 Å². The second-order valence-electron chi connectivity index (χ2n) is 5.92. The summed E-state index contributed by atoms with van der Waals surface area (Å²) in [5.74, 6) is 1.21. The van der Waals surface area contributed by atoms with E-state index < -0.39 is 0 Å². The first-order chi connectivity index (χ1) is 8.58. The normalized spacial score (nSPS) is 25.0. The van der Waals surface area contributed by atoms with E-state index in [9.17, 15) is 0 Å². The average Bonchev–Trinajstić information content (AvgIpc) is 2.35. The zero-order valence-electron chi connectivity index (χ0n) is 12.5. The Hall–Kier alpha value is 0.230. The van der Waals surface area contributed by atoms with Gasteiger partial charge in [0.15, 0.2) is 0 Å². The summed E-state index contributed by atoms with van der Waals surface area (Å²) in [7, 11) is 2.24. The molecule has 1 atom stereocenters. The second kappa shape index (κ2) is 8.41. The molecule has 4 heteroatoms. The summed E-state index contributed by atoms with van der Waals surface area (Å²) >= 11 is 1.92. The summed E-state index contributed by atoms with van der Waals surface area (Å²) in [5, 5.41) is 3.61. The molecule has 0 aromatic rings. The van der Waals surface area contributed by atoms with Gasteiger partial charge in [0.2, 0.25) is 0 Å². The summed E-state index contributed by atoms with van der Waals surface area (Å²) in [4.78, 5) is 2.47. The molecule has 1 unspecified atom stereocenters. The van der Waals surface area contributed by atoms with Gasteiger partial charge in [-0.25, -0.2) is 0 Å². The van der Waals surface area contributed by atoms with Gasteiger partial charge < -0.3 is 15.0 Å². The van der Waals surface area contributed by atoms with Gasteiger partial charge in [-0.1, -0.05) is 13.8 Å². The minimum atomic E-state index is 0.315. The maximum absolute atomic E-state index is 5.75. The van der Waals surface area contributed by atoms with Crippen molar-refractivity contribution < 1.29 is 4.74 Å². The smallest absolute Gasteiger partial charge is 0.0546 e. The maximum atomic E-state index is 5.75. The molecule has 0 saturated carbocycles. The minimum Gasteiger partial charge on any atom is -0.381 e. The highest BCUT2D eigenvalue weighted by Gasteiger charge is 2.33. The number of nitrogens with zero attached hydrogens (tertiary/aromatic N) is 1. The third-order valence-corrected chi connectivity index (χ3v) is 4.16. The number of hydrogen-bond donors (Lipinski definition) is 1. The Balaban J connectivity index is 2.48. The number of hydrogen-bond acceptors (Lipinski definition) is 4. The van der Waals surface area contributed by atoms with Crippen LogP contribution in [0, 0.1) is 5.41 Å². The van der Waals surface area contributed by atoms with Crippen LogP contribution in [0.4, 0.5) is 0 Å². The number of thioether (sulfide) groups is 1. The van der Waals surface area contributed by atoms with E-state index >= 15 is 0 Å². The van der Waals surface area contributed by atoms with Crippen LogP contribution in [0.1, 0.15) is 26.7 Å². The van der Waals surface area contributed by atoms with Crippen molar-refractivity contribution in [1.29, 1.82) is 0 Å². The van der Waals surface area contributed by atoms with Gasteiger partial charge in [-0.2, -0.15) is 11.8 Å². The Kier molecular flexibility index (Phi) is 7.61. The van der Waals surface area contributed by atoms with Gasteiger partial charge in [0.05, 0.1) is 6.61 Å². The van der Waals surface area contributed by atoms with Crippen molar-refractivity contribution in [3.8, 4) is 0 Å². The largest absolute Gasteiger partial charge is 0.381 e. The van der Waals surface area contributed by atoms with Gasteiger partial charge in [-0.05, 0) is 26.1 Å². The first-order valence-electron chi connectivity index (χ1n) is 7.07. The van der Waals surface area contributed by atoms with Gasteiger partial charge >= 0.3 is 0 Å². The Morgan fingerprint density at radius 1 is 1.44 bits per heavy atom. The Bertz CT molecular complexity index is 218. The highest BCUT2D eigenvalue weighted by molar-refractivity contribution is 7.98. The van der Waals surface area contributed by atoms with Crippen molar-refractivity contribution in [3.05, 3.63) is 0 Å². The lowest BCUT2D eigenvalue weighted by atomic mass is 9.81. The van der Waals surface area contributed by atoms with Gasteiger partial charge in [0.1, 0.15) is 0 Å². The van der Waals surface area contributed by atoms with Gasteiger partial charge in [0, 0.05) is 43.5 Å². The highest BCUT2D eigenvalue weighted by atomic mass is 32.2. The Morgan fingerprint density at radius 3 is 2.78 bits per heavy atom. The quantitative estimate of drug-likeness (QED) is 0.732. The molecule has 1 aliphatic rings. The van der Waals surface area contributed by atoms with E-state index in [4.69, 9.17) is 4.74 Å². The first-order valence-corrected chi connectivity index (χ1v) is 8.46. The van der Waals surface area contributed by atoms with Gasteiger partial charge in [-0.3, -0.25) is 0 Å². The van der Waals surface area contributed by atoms with E-state index in [-0.39, 0.29) is 0 Å². The van der Waals surface area contributed by atoms with Crippen molar-refractivity contribution in [2.45, 2.75) is 32.7 Å². The predicted molar refractivity (Wildman–Crippen MR) is 81.5 cm³/mol. The predicted octanol–water partition coefficient (Wildman–Crippen LogP) is 2.08. The molecule has 1 N–H and O–H groups in total. The van der Waals surface area contributed by atoms with Crippen molar-refractivity contribution in [3.63, 3.8) is 0 Å². The summed E-state index contributed by atoms with van der Waals surface area (Å²) in [6.45, 7) is 9.68. The molecule has 0 spiro atoms. The molecule has 0 radical (unpaired) electrons. The van der Waals surface area contributed by atoms with Crippen LogP contribution >= 0.6 is 11.8 Å². The zero-order chi connectivity index (χ0) is 13.4. The van der Waals surface area contributed by atoms with E-state index in [0.29, 0.717) is 11.5 Å². The topological polar surface area (TPSA) is 24.5 Å². The third kappa shape index (κ3) is 5.91. The Morgan fingerprint density at radius 2 is 2.22 bits per heavy atom. The minimum absolute atomic E-state index is 0.315. The molecule has 18 heavy (non-hydrogen) atoms. The monoisotopic (exact) mass is 274 g/mol. The molecule has 1 saturated heterocycles. The van der Waals surface area contributed by atoms with E-state index in [0.717, 1.165) is 26.3 Å². The molecule has 0 aromatic heterocycles. The SMILES string of the molecule is CSCCN(C)CC1(CNC(C)C)CCCOC1. The maximum Gasteiger partial charge on any atom is 0.0546 e. The summed E-state index contributed by atoms with van der Waals surface area (Å²) in [6, 6.07) is 0.556. The van der Waals surface area contributed by atoms with Gasteiger partial charge in [0.25, 0.3) is 0 Å². The molecule has 0 bridgehead atoms. The van der Waals surface area contributed by atoms with Crippen LogP contribution in [0.5, 0.6) is 0 Å². The lowest BCUT2D eigenvalue weighted by Gasteiger charge is -2.40.